The van der Waals surface area contributed by atoms with E-state index in [4.69, 9.17) is 28.6 Å². The number of hydrazone groups is 1. The van der Waals surface area contributed by atoms with Crippen LogP contribution < -0.4 is 15.5 Å². The van der Waals surface area contributed by atoms with Crippen molar-refractivity contribution in [2.45, 2.75) is 6.61 Å². The Kier molecular flexibility index (Phi) is 6.18. The van der Waals surface area contributed by atoms with Gasteiger partial charge in [-0.15, -0.1) is 0 Å². The average molecular weight is 334 g/mol. The van der Waals surface area contributed by atoms with Crippen LogP contribution in [0.2, 0.25) is 5.02 Å². The number of thiocarbonyl (C=S) groups is 1. The van der Waals surface area contributed by atoms with E-state index in [1.165, 1.54) is 0 Å². The summed E-state index contributed by atoms with van der Waals surface area (Å²) in [4.78, 5) is 0. The summed E-state index contributed by atoms with van der Waals surface area (Å²) >= 11 is 11.0. The molecule has 0 aliphatic heterocycles. The lowest BCUT2D eigenvalue weighted by Crippen LogP contribution is -2.28. The molecular weight excluding hydrogens is 318 g/mol. The summed E-state index contributed by atoms with van der Waals surface area (Å²) in [6.07, 6.45) is 1.68. The quantitative estimate of drug-likeness (QED) is 0.500. The average Bonchev–Trinajstić information content (AvgIpc) is 2.55. The molecule has 0 atom stereocenters. The summed E-state index contributed by atoms with van der Waals surface area (Å²) in [5.74, 6) is 0.774. The molecule has 0 aromatic heterocycles. The minimum Gasteiger partial charge on any atom is -0.489 e. The van der Waals surface area contributed by atoms with Crippen molar-refractivity contribution in [2.24, 2.45) is 5.10 Å². The van der Waals surface area contributed by atoms with Gasteiger partial charge in [0.05, 0.1) is 6.21 Å². The van der Waals surface area contributed by atoms with Crippen LogP contribution in [-0.2, 0) is 6.61 Å². The predicted molar refractivity (Wildman–Crippen MR) is 94.6 cm³/mol. The van der Waals surface area contributed by atoms with Crippen LogP contribution in [0.15, 0.2) is 53.6 Å². The first-order chi connectivity index (χ1) is 10.7. The van der Waals surface area contributed by atoms with Crippen molar-refractivity contribution in [3.63, 3.8) is 0 Å². The van der Waals surface area contributed by atoms with Crippen molar-refractivity contribution in [1.82, 2.24) is 10.7 Å². The molecule has 2 N–H and O–H groups in total. The second-order valence-corrected chi connectivity index (χ2v) is 5.21. The fourth-order valence-corrected chi connectivity index (χ4v) is 1.89. The highest BCUT2D eigenvalue weighted by molar-refractivity contribution is 7.80. The minimum atomic E-state index is 0.436. The van der Waals surface area contributed by atoms with Crippen LogP contribution in [0.3, 0.4) is 0 Å². The van der Waals surface area contributed by atoms with Gasteiger partial charge in [0.2, 0.25) is 0 Å². The van der Waals surface area contributed by atoms with E-state index in [2.05, 4.69) is 15.8 Å². The van der Waals surface area contributed by atoms with Crippen LogP contribution in [0.5, 0.6) is 5.75 Å². The number of ether oxygens (including phenoxy) is 1. The Balaban J connectivity index is 1.89. The molecule has 114 valence electrons. The van der Waals surface area contributed by atoms with Gasteiger partial charge in [-0.25, -0.2) is 0 Å². The molecule has 22 heavy (non-hydrogen) atoms. The second-order valence-electron chi connectivity index (χ2n) is 4.40. The normalized spacial score (nSPS) is 10.5. The predicted octanol–water partition coefficient (Wildman–Crippen LogP) is 3.35. The smallest absolute Gasteiger partial charge is 0.186 e. The maximum absolute atomic E-state index is 6.09. The molecule has 0 fully saturated rings. The maximum Gasteiger partial charge on any atom is 0.186 e. The van der Waals surface area contributed by atoms with Crippen molar-refractivity contribution in [3.8, 4) is 5.75 Å². The molecule has 0 amide bonds. The number of nitrogens with zero attached hydrogens (tertiary/aromatic N) is 1. The van der Waals surface area contributed by atoms with E-state index >= 15 is 0 Å². The molecule has 0 saturated heterocycles. The Labute approximate surface area is 140 Å². The van der Waals surface area contributed by atoms with Gasteiger partial charge in [0.15, 0.2) is 5.11 Å². The Morgan fingerprint density at radius 2 is 1.95 bits per heavy atom. The summed E-state index contributed by atoms with van der Waals surface area (Å²) in [7, 11) is 1.73. The molecule has 0 aliphatic rings. The number of hydrogen-bond donors (Lipinski definition) is 2. The van der Waals surface area contributed by atoms with Gasteiger partial charge in [0.1, 0.15) is 12.4 Å². The van der Waals surface area contributed by atoms with Crippen molar-refractivity contribution < 1.29 is 4.74 Å². The molecule has 0 radical (unpaired) electrons. The van der Waals surface area contributed by atoms with Crippen molar-refractivity contribution in [1.29, 1.82) is 0 Å². The third-order valence-corrected chi connectivity index (χ3v) is 3.50. The topological polar surface area (TPSA) is 45.7 Å². The number of halogens is 1. The van der Waals surface area contributed by atoms with Crippen molar-refractivity contribution in [2.75, 3.05) is 7.05 Å². The molecule has 4 nitrogen and oxygen atoms in total. The van der Waals surface area contributed by atoms with E-state index in [1.54, 1.807) is 13.3 Å². The second kappa shape index (κ2) is 8.36. The largest absolute Gasteiger partial charge is 0.489 e. The van der Waals surface area contributed by atoms with E-state index in [1.807, 2.05) is 48.5 Å². The Morgan fingerprint density at radius 1 is 1.23 bits per heavy atom. The van der Waals surface area contributed by atoms with Crippen LogP contribution in [0.4, 0.5) is 0 Å². The zero-order chi connectivity index (χ0) is 15.8. The van der Waals surface area contributed by atoms with Crippen LogP contribution in [0, 0.1) is 0 Å². The van der Waals surface area contributed by atoms with E-state index in [0.717, 1.165) is 16.9 Å². The highest BCUT2D eigenvalue weighted by atomic mass is 35.5. The van der Waals surface area contributed by atoms with E-state index < -0.39 is 0 Å². The summed E-state index contributed by atoms with van der Waals surface area (Å²) in [5.41, 5.74) is 4.59. The third-order valence-electron chi connectivity index (χ3n) is 2.84. The number of nitrogens with one attached hydrogen (secondary N) is 2. The lowest BCUT2D eigenvalue weighted by atomic mass is 10.2. The van der Waals surface area contributed by atoms with Gasteiger partial charge < -0.3 is 10.1 Å². The summed E-state index contributed by atoms with van der Waals surface area (Å²) in [6.45, 7) is 0.436. The van der Waals surface area contributed by atoms with Gasteiger partial charge in [-0.1, -0.05) is 29.8 Å². The Bertz CT molecular complexity index is 659. The first-order valence-electron chi connectivity index (χ1n) is 6.66. The molecule has 0 aliphatic carbocycles. The highest BCUT2D eigenvalue weighted by Gasteiger charge is 2.00. The number of rotatable bonds is 5. The first-order valence-corrected chi connectivity index (χ1v) is 7.44. The van der Waals surface area contributed by atoms with Gasteiger partial charge in [-0.05, 0) is 48.1 Å². The lowest BCUT2D eigenvalue weighted by molar-refractivity contribution is 0.306. The van der Waals surface area contributed by atoms with Crippen LogP contribution >= 0.6 is 23.8 Å². The van der Waals surface area contributed by atoms with Gasteiger partial charge in [-0.3, -0.25) is 5.43 Å². The monoisotopic (exact) mass is 333 g/mol. The molecular formula is C16H16ClN3OS. The molecule has 0 spiro atoms. The Morgan fingerprint density at radius 3 is 2.64 bits per heavy atom. The fraction of sp³-hybridized carbons (Fsp3) is 0.125. The highest BCUT2D eigenvalue weighted by Crippen LogP contribution is 2.18. The van der Waals surface area contributed by atoms with Crippen LogP contribution in [0.25, 0.3) is 0 Å². The minimum absolute atomic E-state index is 0.436. The van der Waals surface area contributed by atoms with Gasteiger partial charge >= 0.3 is 0 Å². The van der Waals surface area contributed by atoms with E-state index in [-0.39, 0.29) is 0 Å². The molecule has 2 aromatic carbocycles. The molecule has 6 heteroatoms. The van der Waals surface area contributed by atoms with Crippen molar-refractivity contribution >= 4 is 35.1 Å². The molecule has 0 unspecified atom stereocenters. The third kappa shape index (κ3) is 5.02. The molecule has 2 aromatic rings. The first kappa shape index (κ1) is 16.3. The summed E-state index contributed by atoms with van der Waals surface area (Å²) in [5, 5.41) is 7.96. The van der Waals surface area contributed by atoms with Gasteiger partial charge in [0, 0.05) is 17.6 Å². The van der Waals surface area contributed by atoms with E-state index in [9.17, 15) is 0 Å². The van der Waals surface area contributed by atoms with Crippen molar-refractivity contribution in [3.05, 3.63) is 64.7 Å². The Hall–Kier alpha value is -2.11. The maximum atomic E-state index is 6.09. The lowest BCUT2D eigenvalue weighted by Gasteiger charge is -2.07. The fourth-order valence-electron chi connectivity index (χ4n) is 1.65. The molecule has 0 saturated carbocycles. The zero-order valence-corrected chi connectivity index (χ0v) is 13.6. The van der Waals surface area contributed by atoms with Crippen LogP contribution in [0.1, 0.15) is 11.1 Å². The zero-order valence-electron chi connectivity index (χ0n) is 12.0. The number of benzene rings is 2. The number of hydrogen-bond acceptors (Lipinski definition) is 3. The molecule has 2 rings (SSSR count). The van der Waals surface area contributed by atoms with Crippen LogP contribution in [-0.4, -0.2) is 18.4 Å². The molecule has 0 bridgehead atoms. The van der Waals surface area contributed by atoms with Gasteiger partial charge in [-0.2, -0.15) is 5.10 Å². The standard InChI is InChI=1S/C16H16ClN3OS/c1-18-16(22)20-19-10-12-6-8-14(9-7-12)21-11-13-4-2-3-5-15(13)17/h2-10H,11H2,1H3,(H2,18,20,22)/b19-10+. The van der Waals surface area contributed by atoms with E-state index in [0.29, 0.717) is 16.7 Å². The SMILES string of the molecule is CNC(=S)N/N=C/c1ccc(OCc2ccccc2Cl)cc1. The molecule has 0 heterocycles. The summed E-state index contributed by atoms with van der Waals surface area (Å²) < 4.78 is 5.71. The van der Waals surface area contributed by atoms with Gasteiger partial charge in [0.25, 0.3) is 0 Å². The summed E-state index contributed by atoms with van der Waals surface area (Å²) in [6, 6.07) is 15.2.